The topological polar surface area (TPSA) is 46.2 Å². The number of ketones is 1. The average molecular weight is 157 g/mol. The van der Waals surface area contributed by atoms with Gasteiger partial charge in [-0.05, 0) is 6.92 Å². The van der Waals surface area contributed by atoms with Crippen LogP contribution in [0.2, 0.25) is 0 Å². The summed E-state index contributed by atoms with van der Waals surface area (Å²) in [7, 11) is 0. The maximum atomic E-state index is 10.9. The van der Waals surface area contributed by atoms with E-state index in [1.807, 2.05) is 13.8 Å². The molecule has 0 unspecified atom stereocenters. The number of carbonyl (C=O) groups is 2. The highest BCUT2D eigenvalue weighted by molar-refractivity contribution is 5.79. The Bertz CT molecular complexity index is 152. The molecule has 0 aromatic heterocycles. The van der Waals surface area contributed by atoms with Crippen molar-refractivity contribution >= 4 is 11.7 Å². The molecule has 0 heterocycles. The molecule has 11 heavy (non-hydrogen) atoms. The molecule has 3 nitrogen and oxygen atoms in total. The Morgan fingerprint density at radius 3 is 2.27 bits per heavy atom. The third-order valence-corrected chi connectivity index (χ3v) is 1.30. The normalized spacial score (nSPS) is 9.82. The minimum absolute atomic E-state index is 0.00181. The van der Waals surface area contributed by atoms with Crippen LogP contribution in [0.4, 0.5) is 0 Å². The van der Waals surface area contributed by atoms with Crippen LogP contribution in [-0.4, -0.2) is 18.2 Å². The molecule has 0 atom stereocenters. The summed E-state index contributed by atoms with van der Waals surface area (Å²) in [4.78, 5) is 21.3. The largest absolute Gasteiger partial charge is 0.355 e. The van der Waals surface area contributed by atoms with E-state index < -0.39 is 0 Å². The van der Waals surface area contributed by atoms with Gasteiger partial charge in [0.2, 0.25) is 5.91 Å². The van der Waals surface area contributed by atoms with Gasteiger partial charge in [0, 0.05) is 18.9 Å². The van der Waals surface area contributed by atoms with Crippen molar-refractivity contribution in [1.82, 2.24) is 5.32 Å². The summed E-state index contributed by atoms with van der Waals surface area (Å²) < 4.78 is 0. The molecule has 64 valence electrons. The van der Waals surface area contributed by atoms with Gasteiger partial charge in [0.15, 0.2) is 0 Å². The molecule has 0 aliphatic heterocycles. The Balaban J connectivity index is 3.39. The van der Waals surface area contributed by atoms with Crippen molar-refractivity contribution in [3.8, 4) is 0 Å². The lowest BCUT2D eigenvalue weighted by Crippen LogP contribution is -2.29. The molecule has 3 heteroatoms. The predicted octanol–water partition coefficient (Wildman–Crippen LogP) is 0.738. The molecular weight excluding hydrogens is 142 g/mol. The summed E-state index contributed by atoms with van der Waals surface area (Å²) in [5, 5.41) is 2.65. The standard InChI is InChI=1S/C8H15NO2/c1-6(2)8(11)9-5-4-7(3)10/h6H,4-5H2,1-3H3,(H,9,11). The first kappa shape index (κ1) is 10.1. The molecule has 0 aromatic carbocycles. The predicted molar refractivity (Wildman–Crippen MR) is 43.1 cm³/mol. The van der Waals surface area contributed by atoms with Gasteiger partial charge < -0.3 is 5.32 Å². The van der Waals surface area contributed by atoms with Crippen molar-refractivity contribution in [2.45, 2.75) is 27.2 Å². The molecule has 0 aliphatic rings. The van der Waals surface area contributed by atoms with Gasteiger partial charge in [0.05, 0.1) is 0 Å². The second-order valence-electron chi connectivity index (χ2n) is 2.90. The molecule has 0 saturated heterocycles. The molecule has 0 saturated carbocycles. The lowest BCUT2D eigenvalue weighted by molar-refractivity contribution is -0.124. The lowest BCUT2D eigenvalue weighted by Gasteiger charge is -2.05. The Hall–Kier alpha value is -0.860. The third kappa shape index (κ3) is 5.58. The molecule has 0 rings (SSSR count). The second-order valence-corrected chi connectivity index (χ2v) is 2.90. The quantitative estimate of drug-likeness (QED) is 0.654. The van der Waals surface area contributed by atoms with Gasteiger partial charge >= 0.3 is 0 Å². The van der Waals surface area contributed by atoms with Crippen LogP contribution >= 0.6 is 0 Å². The highest BCUT2D eigenvalue weighted by Gasteiger charge is 2.04. The fraction of sp³-hybridized carbons (Fsp3) is 0.750. The lowest BCUT2D eigenvalue weighted by atomic mass is 10.2. The van der Waals surface area contributed by atoms with Crippen molar-refractivity contribution in [3.63, 3.8) is 0 Å². The SMILES string of the molecule is CC(=O)CCNC(=O)C(C)C. The fourth-order valence-electron chi connectivity index (χ4n) is 0.566. The third-order valence-electron chi connectivity index (χ3n) is 1.30. The molecular formula is C8H15NO2. The van der Waals surface area contributed by atoms with E-state index in [2.05, 4.69) is 5.32 Å². The van der Waals surface area contributed by atoms with E-state index in [-0.39, 0.29) is 17.6 Å². The van der Waals surface area contributed by atoms with Crippen molar-refractivity contribution in [2.24, 2.45) is 5.92 Å². The summed E-state index contributed by atoms with van der Waals surface area (Å²) in [6.07, 6.45) is 0.429. The molecule has 0 aliphatic carbocycles. The molecule has 1 amide bonds. The van der Waals surface area contributed by atoms with Crippen LogP contribution in [-0.2, 0) is 9.59 Å². The van der Waals surface area contributed by atoms with Gasteiger partial charge in [0.1, 0.15) is 5.78 Å². The van der Waals surface area contributed by atoms with Gasteiger partial charge in [-0.25, -0.2) is 0 Å². The molecule has 0 radical (unpaired) electrons. The van der Waals surface area contributed by atoms with E-state index in [1.54, 1.807) is 0 Å². The summed E-state index contributed by atoms with van der Waals surface area (Å²) in [6.45, 7) is 5.63. The summed E-state index contributed by atoms with van der Waals surface area (Å²) >= 11 is 0. The first-order valence-electron chi connectivity index (χ1n) is 3.81. The van der Waals surface area contributed by atoms with Crippen LogP contribution in [0, 0.1) is 5.92 Å². The molecule has 1 N–H and O–H groups in total. The first-order valence-corrected chi connectivity index (χ1v) is 3.81. The molecule has 0 aromatic rings. The van der Waals surface area contributed by atoms with E-state index in [4.69, 9.17) is 0 Å². The average Bonchev–Trinajstić information content (AvgIpc) is 1.86. The van der Waals surface area contributed by atoms with Crippen molar-refractivity contribution in [3.05, 3.63) is 0 Å². The molecule has 0 fully saturated rings. The Labute approximate surface area is 67.2 Å². The molecule has 0 bridgehead atoms. The van der Waals surface area contributed by atoms with Gasteiger partial charge in [-0.3, -0.25) is 9.59 Å². The number of hydrogen-bond acceptors (Lipinski definition) is 2. The minimum atomic E-state index is 0.00181. The van der Waals surface area contributed by atoms with Crippen LogP contribution in [0.25, 0.3) is 0 Å². The van der Waals surface area contributed by atoms with E-state index in [0.29, 0.717) is 13.0 Å². The van der Waals surface area contributed by atoms with Gasteiger partial charge in [-0.15, -0.1) is 0 Å². The number of carbonyl (C=O) groups excluding carboxylic acids is 2. The number of rotatable bonds is 4. The monoisotopic (exact) mass is 157 g/mol. The van der Waals surface area contributed by atoms with Crippen LogP contribution in [0.1, 0.15) is 27.2 Å². The summed E-state index contributed by atoms with van der Waals surface area (Å²) in [6, 6.07) is 0. The van der Waals surface area contributed by atoms with E-state index in [9.17, 15) is 9.59 Å². The number of hydrogen-bond donors (Lipinski definition) is 1. The summed E-state index contributed by atoms with van der Waals surface area (Å²) in [5.41, 5.74) is 0. The minimum Gasteiger partial charge on any atom is -0.355 e. The second kappa shape index (κ2) is 4.88. The van der Waals surface area contributed by atoms with Crippen LogP contribution in [0.5, 0.6) is 0 Å². The maximum Gasteiger partial charge on any atom is 0.222 e. The Kier molecular flexibility index (Phi) is 4.50. The fourth-order valence-corrected chi connectivity index (χ4v) is 0.566. The van der Waals surface area contributed by atoms with Gasteiger partial charge in [-0.2, -0.15) is 0 Å². The van der Waals surface area contributed by atoms with Gasteiger partial charge in [-0.1, -0.05) is 13.8 Å². The van der Waals surface area contributed by atoms with Gasteiger partial charge in [0.25, 0.3) is 0 Å². The van der Waals surface area contributed by atoms with Crippen LogP contribution in [0.3, 0.4) is 0 Å². The number of nitrogens with one attached hydrogen (secondary N) is 1. The van der Waals surface area contributed by atoms with E-state index >= 15 is 0 Å². The highest BCUT2D eigenvalue weighted by Crippen LogP contribution is 1.90. The highest BCUT2D eigenvalue weighted by atomic mass is 16.2. The van der Waals surface area contributed by atoms with E-state index in [1.165, 1.54) is 6.92 Å². The zero-order chi connectivity index (χ0) is 8.85. The molecule has 0 spiro atoms. The van der Waals surface area contributed by atoms with E-state index in [0.717, 1.165) is 0 Å². The summed E-state index contributed by atoms with van der Waals surface area (Å²) in [5.74, 6) is 0.113. The van der Waals surface area contributed by atoms with Crippen LogP contribution < -0.4 is 5.32 Å². The van der Waals surface area contributed by atoms with Crippen molar-refractivity contribution in [2.75, 3.05) is 6.54 Å². The Morgan fingerprint density at radius 2 is 1.91 bits per heavy atom. The zero-order valence-electron chi connectivity index (χ0n) is 7.31. The van der Waals surface area contributed by atoms with Crippen LogP contribution in [0.15, 0.2) is 0 Å². The van der Waals surface area contributed by atoms with Crippen molar-refractivity contribution in [1.29, 1.82) is 0 Å². The maximum absolute atomic E-state index is 10.9. The first-order chi connectivity index (χ1) is 5.04. The smallest absolute Gasteiger partial charge is 0.222 e. The zero-order valence-corrected chi connectivity index (χ0v) is 7.31. The Morgan fingerprint density at radius 1 is 1.36 bits per heavy atom. The number of amides is 1. The van der Waals surface area contributed by atoms with Crippen molar-refractivity contribution < 1.29 is 9.59 Å². The number of Topliss-reactive ketones (excluding diaryl/α,β-unsaturated/α-hetero) is 1.